The lowest BCUT2D eigenvalue weighted by Gasteiger charge is -2.27. The van der Waals surface area contributed by atoms with Crippen molar-refractivity contribution in [1.29, 1.82) is 0 Å². The Morgan fingerprint density at radius 2 is 1.78 bits per heavy atom. The third-order valence-electron chi connectivity index (χ3n) is 7.20. The second-order valence-corrected chi connectivity index (χ2v) is 9.64. The first-order valence-corrected chi connectivity index (χ1v) is 12.8. The molecule has 1 fully saturated rings. The zero-order valence-corrected chi connectivity index (χ0v) is 21.2. The maximum Gasteiger partial charge on any atom is 0.308 e. The van der Waals surface area contributed by atoms with Crippen LogP contribution in [0.25, 0.3) is 28.0 Å². The first kappa shape index (κ1) is 24.6. The third-order valence-corrected chi connectivity index (χ3v) is 7.20. The zero-order valence-electron chi connectivity index (χ0n) is 21.2. The number of ether oxygens (including phenoxy) is 1. The summed E-state index contributed by atoms with van der Waals surface area (Å²) in [5.74, 6) is 0.332. The monoisotopic (exact) mass is 497 g/mol. The standard InChI is InChI=1S/C29H31N5O3/c1-3-37-29(36)21-11-9-19(10-12-21)15-25-26(18(2)35)27(30)34-28(33-25)23(17-32-34)22-13-14-24(31-16-22)20-7-5-4-6-8-20/h4-8,13-14,16-17,19,21H,3,9-12,15,30H2,1-2H3. The Hall–Kier alpha value is -4.07. The van der Waals surface area contributed by atoms with Crippen molar-refractivity contribution in [2.24, 2.45) is 11.8 Å². The van der Waals surface area contributed by atoms with Crippen LogP contribution in [0.15, 0.2) is 54.9 Å². The maximum absolute atomic E-state index is 12.6. The van der Waals surface area contributed by atoms with Crippen molar-refractivity contribution < 1.29 is 14.3 Å². The van der Waals surface area contributed by atoms with Gasteiger partial charge in [-0.25, -0.2) is 4.98 Å². The van der Waals surface area contributed by atoms with Crippen LogP contribution in [-0.4, -0.2) is 37.9 Å². The van der Waals surface area contributed by atoms with Gasteiger partial charge in [0.25, 0.3) is 0 Å². The number of nitrogens with zero attached hydrogens (tertiary/aromatic N) is 4. The minimum Gasteiger partial charge on any atom is -0.466 e. The predicted molar refractivity (Wildman–Crippen MR) is 142 cm³/mol. The molecule has 1 aliphatic carbocycles. The summed E-state index contributed by atoms with van der Waals surface area (Å²) < 4.78 is 6.74. The highest BCUT2D eigenvalue weighted by Gasteiger charge is 2.29. The van der Waals surface area contributed by atoms with Crippen LogP contribution in [0.2, 0.25) is 0 Å². The number of rotatable bonds is 7. The maximum atomic E-state index is 12.6. The Labute approximate surface area is 215 Å². The quantitative estimate of drug-likeness (QED) is 0.277. The summed E-state index contributed by atoms with van der Waals surface area (Å²) in [6.07, 6.45) is 7.49. The van der Waals surface area contributed by atoms with Gasteiger partial charge in [-0.05, 0) is 57.9 Å². The normalized spacial score (nSPS) is 17.6. The molecule has 1 saturated carbocycles. The predicted octanol–water partition coefficient (Wildman–Crippen LogP) is 5.16. The molecule has 8 heteroatoms. The second-order valence-electron chi connectivity index (χ2n) is 9.64. The number of aromatic nitrogens is 4. The van der Waals surface area contributed by atoms with Gasteiger partial charge in [0.15, 0.2) is 11.4 Å². The highest BCUT2D eigenvalue weighted by Crippen LogP contribution is 2.34. The van der Waals surface area contributed by atoms with Crippen LogP contribution in [-0.2, 0) is 16.0 Å². The summed E-state index contributed by atoms with van der Waals surface area (Å²) in [6, 6.07) is 14.0. The van der Waals surface area contributed by atoms with Crippen LogP contribution in [0, 0.1) is 11.8 Å². The highest BCUT2D eigenvalue weighted by atomic mass is 16.5. The van der Waals surface area contributed by atoms with E-state index in [0.717, 1.165) is 48.1 Å². The number of Topliss-reactive ketones (excluding diaryl/α,β-unsaturated/α-hetero) is 1. The van der Waals surface area contributed by atoms with Crippen LogP contribution in [0.3, 0.4) is 0 Å². The van der Waals surface area contributed by atoms with Gasteiger partial charge < -0.3 is 10.5 Å². The van der Waals surface area contributed by atoms with Crippen molar-refractivity contribution in [2.45, 2.75) is 46.0 Å². The molecule has 1 aliphatic rings. The molecule has 37 heavy (non-hydrogen) atoms. The molecule has 190 valence electrons. The summed E-state index contributed by atoms with van der Waals surface area (Å²) in [6.45, 7) is 3.75. The van der Waals surface area contributed by atoms with Gasteiger partial charge in [0, 0.05) is 22.9 Å². The Balaban J connectivity index is 1.44. The van der Waals surface area contributed by atoms with Gasteiger partial charge in [-0.1, -0.05) is 36.4 Å². The lowest BCUT2D eigenvalue weighted by Crippen LogP contribution is -2.25. The van der Waals surface area contributed by atoms with Gasteiger partial charge in [0.05, 0.1) is 35.7 Å². The molecule has 0 amide bonds. The summed E-state index contributed by atoms with van der Waals surface area (Å²) in [4.78, 5) is 34.3. The van der Waals surface area contributed by atoms with E-state index in [1.807, 2.05) is 55.6 Å². The number of nitrogens with two attached hydrogens (primary N) is 1. The van der Waals surface area contributed by atoms with E-state index >= 15 is 0 Å². The number of carbonyl (C=O) groups is 2. The molecule has 0 atom stereocenters. The number of hydrogen-bond acceptors (Lipinski definition) is 7. The lowest BCUT2D eigenvalue weighted by atomic mass is 9.79. The first-order chi connectivity index (χ1) is 18.0. The number of hydrogen-bond donors (Lipinski definition) is 1. The molecule has 3 aromatic heterocycles. The fraction of sp³-hybridized carbons (Fsp3) is 0.345. The molecule has 8 nitrogen and oxygen atoms in total. The van der Waals surface area contributed by atoms with Crippen LogP contribution >= 0.6 is 0 Å². The Bertz CT molecular complexity index is 1420. The van der Waals surface area contributed by atoms with Crippen molar-refractivity contribution >= 4 is 23.2 Å². The van der Waals surface area contributed by atoms with Crippen molar-refractivity contribution in [3.8, 4) is 22.4 Å². The van der Waals surface area contributed by atoms with E-state index in [1.54, 1.807) is 10.7 Å². The van der Waals surface area contributed by atoms with Crippen molar-refractivity contribution in [3.63, 3.8) is 0 Å². The van der Waals surface area contributed by atoms with Crippen LogP contribution in [0.4, 0.5) is 5.82 Å². The summed E-state index contributed by atoms with van der Waals surface area (Å²) >= 11 is 0. The number of benzene rings is 1. The Kier molecular flexibility index (Phi) is 6.99. The summed E-state index contributed by atoms with van der Waals surface area (Å²) in [5, 5.41) is 4.45. The van der Waals surface area contributed by atoms with E-state index in [-0.39, 0.29) is 17.7 Å². The van der Waals surface area contributed by atoms with Crippen molar-refractivity contribution in [3.05, 3.63) is 66.1 Å². The van der Waals surface area contributed by atoms with Gasteiger partial charge in [-0.3, -0.25) is 14.6 Å². The van der Waals surface area contributed by atoms with E-state index in [1.165, 1.54) is 6.92 Å². The highest BCUT2D eigenvalue weighted by molar-refractivity contribution is 6.00. The van der Waals surface area contributed by atoms with Gasteiger partial charge in [-0.2, -0.15) is 9.61 Å². The fourth-order valence-corrected chi connectivity index (χ4v) is 5.27. The van der Waals surface area contributed by atoms with Gasteiger partial charge in [-0.15, -0.1) is 0 Å². The average molecular weight is 498 g/mol. The molecule has 0 spiro atoms. The molecule has 1 aromatic carbocycles. The van der Waals surface area contributed by atoms with E-state index in [0.29, 0.717) is 41.7 Å². The Morgan fingerprint density at radius 1 is 1.03 bits per heavy atom. The number of ketones is 1. The van der Waals surface area contributed by atoms with Gasteiger partial charge in [0.2, 0.25) is 0 Å². The minimum absolute atomic E-state index is 0.0447. The first-order valence-electron chi connectivity index (χ1n) is 12.8. The summed E-state index contributed by atoms with van der Waals surface area (Å²) in [5.41, 5.74) is 11.8. The fourth-order valence-electron chi connectivity index (χ4n) is 5.27. The number of anilines is 1. The molecule has 0 bridgehead atoms. The molecule has 0 aliphatic heterocycles. The molecule has 3 heterocycles. The lowest BCUT2D eigenvalue weighted by molar-refractivity contribution is -0.149. The largest absolute Gasteiger partial charge is 0.466 e. The molecule has 5 rings (SSSR count). The molecule has 0 radical (unpaired) electrons. The SMILES string of the molecule is CCOC(=O)C1CCC(Cc2nc3c(-c4ccc(-c5ccccc5)nc4)cnn3c(N)c2C(C)=O)CC1. The van der Waals surface area contributed by atoms with E-state index in [2.05, 4.69) is 10.1 Å². The smallest absolute Gasteiger partial charge is 0.308 e. The van der Waals surface area contributed by atoms with Crippen LogP contribution in [0.1, 0.15) is 55.6 Å². The minimum atomic E-state index is -0.131. The zero-order chi connectivity index (χ0) is 25.9. The molecular formula is C29H31N5O3. The average Bonchev–Trinajstić information content (AvgIpc) is 3.34. The topological polar surface area (TPSA) is 112 Å². The van der Waals surface area contributed by atoms with Crippen molar-refractivity contribution in [2.75, 3.05) is 12.3 Å². The third kappa shape index (κ3) is 4.96. The van der Waals surface area contributed by atoms with E-state index < -0.39 is 0 Å². The number of fused-ring (bicyclic) bond motifs is 1. The molecule has 2 N–H and O–H groups in total. The molecule has 0 saturated heterocycles. The summed E-state index contributed by atoms with van der Waals surface area (Å²) in [7, 11) is 0. The van der Waals surface area contributed by atoms with Crippen molar-refractivity contribution in [1.82, 2.24) is 19.6 Å². The Morgan fingerprint density at radius 3 is 2.43 bits per heavy atom. The number of carbonyl (C=O) groups excluding carboxylic acids is 2. The van der Waals surface area contributed by atoms with Gasteiger partial charge in [0.1, 0.15) is 5.82 Å². The van der Waals surface area contributed by atoms with E-state index in [4.69, 9.17) is 15.5 Å². The number of esters is 1. The second kappa shape index (κ2) is 10.5. The van der Waals surface area contributed by atoms with E-state index in [9.17, 15) is 9.59 Å². The molecule has 0 unspecified atom stereocenters. The number of pyridine rings is 1. The van der Waals surface area contributed by atoms with Gasteiger partial charge >= 0.3 is 5.97 Å². The molecule has 4 aromatic rings. The molecular weight excluding hydrogens is 466 g/mol. The number of nitrogen functional groups attached to an aromatic ring is 1. The van der Waals surface area contributed by atoms with Crippen LogP contribution in [0.5, 0.6) is 0 Å². The van der Waals surface area contributed by atoms with Crippen LogP contribution < -0.4 is 5.73 Å².